The molecule has 0 amide bonds. The number of hydrogen-bond donors (Lipinski definition) is 2. The molecule has 1 aliphatic heterocycles. The third-order valence-electron chi connectivity index (χ3n) is 2.19. The molecule has 4 nitrogen and oxygen atoms in total. The van der Waals surface area contributed by atoms with E-state index >= 15 is 0 Å². The van der Waals surface area contributed by atoms with Crippen molar-refractivity contribution in [1.82, 2.24) is 0 Å². The van der Waals surface area contributed by atoms with Gasteiger partial charge in [-0.15, -0.1) is 5.10 Å². The number of hydrazone groups is 1. The second-order valence-corrected chi connectivity index (χ2v) is 4.14. The Balaban J connectivity index is 2.46. The number of benzene rings is 1. The predicted molar refractivity (Wildman–Crippen MR) is 63.3 cm³/mol. The van der Waals surface area contributed by atoms with Gasteiger partial charge in [0.15, 0.2) is 0 Å². The Bertz CT molecular complexity index is 426. The largest absolute Gasteiger partial charge is 0.369 e. The van der Waals surface area contributed by atoms with Crippen molar-refractivity contribution in [2.24, 2.45) is 16.6 Å². The molecule has 1 aromatic rings. The van der Waals surface area contributed by atoms with Gasteiger partial charge in [-0.25, -0.2) is 0 Å². The predicted octanol–water partition coefficient (Wildman–Crippen LogP) is 1.54. The van der Waals surface area contributed by atoms with Crippen LogP contribution >= 0.6 is 23.2 Å². The number of nitrogens with zero attached hydrogens (tertiary/aromatic N) is 2. The Morgan fingerprint density at radius 2 is 2.07 bits per heavy atom. The van der Waals surface area contributed by atoms with E-state index in [1.54, 1.807) is 11.1 Å². The maximum Gasteiger partial charge on any atom is 0.209 e. The second-order valence-electron chi connectivity index (χ2n) is 3.29. The number of halogens is 2. The van der Waals surface area contributed by atoms with E-state index in [9.17, 15) is 0 Å². The van der Waals surface area contributed by atoms with Gasteiger partial charge < -0.3 is 11.5 Å². The molecule has 0 saturated heterocycles. The summed E-state index contributed by atoms with van der Waals surface area (Å²) in [6.45, 7) is 0.716. The highest BCUT2D eigenvalue weighted by Gasteiger charge is 2.22. The third-order valence-corrected chi connectivity index (χ3v) is 2.70. The first-order valence-corrected chi connectivity index (χ1v) is 5.18. The van der Waals surface area contributed by atoms with Crippen molar-refractivity contribution in [2.75, 3.05) is 11.6 Å². The van der Waals surface area contributed by atoms with Crippen LogP contribution in [0.25, 0.3) is 0 Å². The fourth-order valence-corrected chi connectivity index (χ4v) is 2.31. The first-order chi connectivity index (χ1) is 7.08. The van der Waals surface area contributed by atoms with Gasteiger partial charge in [-0.1, -0.05) is 23.2 Å². The molecule has 80 valence electrons. The minimum Gasteiger partial charge on any atom is -0.369 e. The molecular formula is C9H10Cl2N4. The molecule has 0 aromatic heterocycles. The Kier molecular flexibility index (Phi) is 2.63. The smallest absolute Gasteiger partial charge is 0.209 e. The first-order valence-electron chi connectivity index (χ1n) is 4.43. The summed E-state index contributed by atoms with van der Waals surface area (Å²) in [7, 11) is 0. The van der Waals surface area contributed by atoms with Crippen LogP contribution in [0.3, 0.4) is 0 Å². The molecule has 2 rings (SSSR count). The summed E-state index contributed by atoms with van der Waals surface area (Å²) in [6.07, 6.45) is 0.840. The highest BCUT2D eigenvalue weighted by Crippen LogP contribution is 2.37. The Morgan fingerprint density at radius 3 is 2.73 bits per heavy atom. The number of nitrogens with two attached hydrogens (primary N) is 2. The van der Waals surface area contributed by atoms with Crippen LogP contribution in [0, 0.1) is 0 Å². The van der Waals surface area contributed by atoms with Crippen LogP contribution in [0.15, 0.2) is 17.2 Å². The number of fused-ring (bicyclic) bond motifs is 1. The Morgan fingerprint density at radius 1 is 1.33 bits per heavy atom. The molecule has 0 unspecified atom stereocenters. The van der Waals surface area contributed by atoms with E-state index in [-0.39, 0.29) is 5.96 Å². The molecule has 15 heavy (non-hydrogen) atoms. The molecule has 0 spiro atoms. The van der Waals surface area contributed by atoms with Crippen molar-refractivity contribution in [2.45, 2.75) is 6.42 Å². The highest BCUT2D eigenvalue weighted by atomic mass is 35.5. The van der Waals surface area contributed by atoms with Crippen LogP contribution in [-0.4, -0.2) is 12.5 Å². The van der Waals surface area contributed by atoms with Gasteiger partial charge in [-0.05, 0) is 24.1 Å². The third kappa shape index (κ3) is 1.96. The van der Waals surface area contributed by atoms with Crippen molar-refractivity contribution in [3.63, 3.8) is 0 Å². The molecule has 0 radical (unpaired) electrons. The van der Waals surface area contributed by atoms with Gasteiger partial charge in [0.2, 0.25) is 5.96 Å². The number of hydrogen-bond acceptors (Lipinski definition) is 2. The number of rotatable bonds is 1. The van der Waals surface area contributed by atoms with Gasteiger partial charge in [-0.3, -0.25) is 5.01 Å². The normalized spacial score (nSPS) is 13.9. The van der Waals surface area contributed by atoms with Crippen LogP contribution in [0.4, 0.5) is 5.69 Å². The molecule has 0 aliphatic carbocycles. The lowest BCUT2D eigenvalue weighted by atomic mass is 10.2. The van der Waals surface area contributed by atoms with Gasteiger partial charge in [0, 0.05) is 11.6 Å². The van der Waals surface area contributed by atoms with Crippen LogP contribution in [0.2, 0.25) is 10.0 Å². The Hall–Kier alpha value is -1.13. The molecule has 0 atom stereocenters. The number of guanidine groups is 1. The summed E-state index contributed by atoms with van der Waals surface area (Å²) < 4.78 is 0. The highest BCUT2D eigenvalue weighted by molar-refractivity contribution is 6.36. The van der Waals surface area contributed by atoms with Gasteiger partial charge in [0.1, 0.15) is 0 Å². The van der Waals surface area contributed by atoms with E-state index in [0.717, 1.165) is 17.7 Å². The average molecular weight is 245 g/mol. The van der Waals surface area contributed by atoms with E-state index in [1.165, 1.54) is 0 Å². The summed E-state index contributed by atoms with van der Waals surface area (Å²) >= 11 is 12.0. The van der Waals surface area contributed by atoms with Crippen molar-refractivity contribution in [3.05, 3.63) is 27.7 Å². The zero-order valence-corrected chi connectivity index (χ0v) is 9.39. The van der Waals surface area contributed by atoms with Crippen LogP contribution < -0.4 is 16.5 Å². The summed E-state index contributed by atoms with van der Waals surface area (Å²) in [5, 5.41) is 6.88. The van der Waals surface area contributed by atoms with Gasteiger partial charge in [0.05, 0.1) is 10.7 Å². The molecule has 1 aromatic carbocycles. The van der Waals surface area contributed by atoms with Crippen molar-refractivity contribution in [1.29, 1.82) is 0 Å². The fraction of sp³-hybridized carbons (Fsp3) is 0.222. The van der Waals surface area contributed by atoms with Crippen LogP contribution in [-0.2, 0) is 6.42 Å². The van der Waals surface area contributed by atoms with Gasteiger partial charge in [-0.2, -0.15) is 0 Å². The standard InChI is InChI=1S/C9H10Cl2N4/c10-6-3-5-1-2-15(14-9(12)13)8(5)7(11)4-6/h3-4H,1-2H2,(H4,12,13,14). The molecule has 1 heterocycles. The summed E-state index contributed by atoms with van der Waals surface area (Å²) in [5.74, 6) is 0.0221. The molecule has 0 fully saturated rings. The monoisotopic (exact) mass is 244 g/mol. The fourth-order valence-electron chi connectivity index (χ4n) is 1.68. The van der Waals surface area contributed by atoms with E-state index in [0.29, 0.717) is 16.6 Å². The van der Waals surface area contributed by atoms with Crippen LogP contribution in [0.1, 0.15) is 5.56 Å². The lowest BCUT2D eigenvalue weighted by molar-refractivity contribution is 0.888. The van der Waals surface area contributed by atoms with Gasteiger partial charge in [0.25, 0.3) is 0 Å². The van der Waals surface area contributed by atoms with Crippen molar-refractivity contribution in [3.8, 4) is 0 Å². The molecule has 6 heteroatoms. The molecule has 0 bridgehead atoms. The second kappa shape index (κ2) is 3.79. The molecule has 4 N–H and O–H groups in total. The van der Waals surface area contributed by atoms with Crippen LogP contribution in [0.5, 0.6) is 0 Å². The quantitative estimate of drug-likeness (QED) is 0.582. The van der Waals surface area contributed by atoms with Crippen molar-refractivity contribution < 1.29 is 0 Å². The minimum atomic E-state index is 0.0221. The average Bonchev–Trinajstić information content (AvgIpc) is 2.46. The van der Waals surface area contributed by atoms with Crippen molar-refractivity contribution >= 4 is 34.8 Å². The molecule has 0 saturated carbocycles. The maximum absolute atomic E-state index is 6.08. The number of anilines is 1. The molecule has 1 aliphatic rings. The summed E-state index contributed by atoms with van der Waals surface area (Å²) in [6, 6.07) is 3.56. The zero-order chi connectivity index (χ0) is 11.0. The lowest BCUT2D eigenvalue weighted by Gasteiger charge is -2.14. The van der Waals surface area contributed by atoms with E-state index in [1.807, 2.05) is 6.07 Å². The summed E-state index contributed by atoms with van der Waals surface area (Å²) in [4.78, 5) is 0. The summed E-state index contributed by atoms with van der Waals surface area (Å²) in [5.41, 5.74) is 12.6. The zero-order valence-electron chi connectivity index (χ0n) is 7.87. The van der Waals surface area contributed by atoms with E-state index in [4.69, 9.17) is 34.7 Å². The van der Waals surface area contributed by atoms with E-state index < -0.39 is 0 Å². The lowest BCUT2D eigenvalue weighted by Crippen LogP contribution is -2.28. The van der Waals surface area contributed by atoms with E-state index in [2.05, 4.69) is 5.10 Å². The topological polar surface area (TPSA) is 67.6 Å². The first kappa shape index (κ1) is 10.4. The molecular weight excluding hydrogens is 235 g/mol. The minimum absolute atomic E-state index is 0.0221. The SMILES string of the molecule is NC(N)=NN1CCc2cc(Cl)cc(Cl)c21. The Labute approximate surface area is 97.4 Å². The van der Waals surface area contributed by atoms with Gasteiger partial charge >= 0.3 is 0 Å². The maximum atomic E-state index is 6.08.